The van der Waals surface area contributed by atoms with E-state index in [0.717, 1.165) is 0 Å². The molecule has 0 fully saturated rings. The first-order valence-corrected chi connectivity index (χ1v) is 6.20. The molecule has 0 saturated carbocycles. The van der Waals surface area contributed by atoms with Crippen molar-refractivity contribution >= 4 is 17.4 Å². The van der Waals surface area contributed by atoms with Crippen LogP contribution in [0.15, 0.2) is 54.6 Å². The van der Waals surface area contributed by atoms with Crippen molar-refractivity contribution in [1.82, 2.24) is 0 Å². The molecule has 0 aliphatic rings. The Morgan fingerprint density at radius 2 is 1.65 bits per heavy atom. The van der Waals surface area contributed by atoms with E-state index in [9.17, 15) is 9.59 Å². The highest BCUT2D eigenvalue weighted by atomic mass is 16.5. The number of carbonyl (C=O) groups is 2. The van der Waals surface area contributed by atoms with Crippen molar-refractivity contribution in [2.24, 2.45) is 0 Å². The second kappa shape index (κ2) is 6.63. The summed E-state index contributed by atoms with van der Waals surface area (Å²) in [5.41, 5.74) is 1.48. The number of benzene rings is 2. The van der Waals surface area contributed by atoms with Gasteiger partial charge in [0.15, 0.2) is 5.78 Å². The first-order chi connectivity index (χ1) is 9.72. The molecule has 0 unspecified atom stereocenters. The van der Waals surface area contributed by atoms with Crippen LogP contribution in [0, 0.1) is 0 Å². The fourth-order valence-corrected chi connectivity index (χ4v) is 1.83. The summed E-state index contributed by atoms with van der Waals surface area (Å²) in [7, 11) is 1.46. The Bertz CT molecular complexity index is 608. The second-order valence-electron chi connectivity index (χ2n) is 4.22. The summed E-state index contributed by atoms with van der Waals surface area (Å²) in [5, 5.41) is 2.75. The molecule has 2 rings (SSSR count). The molecule has 20 heavy (non-hydrogen) atoms. The van der Waals surface area contributed by atoms with Crippen molar-refractivity contribution in [3.63, 3.8) is 0 Å². The molecule has 0 spiro atoms. The van der Waals surface area contributed by atoms with Crippen LogP contribution in [0.4, 0.5) is 5.69 Å². The van der Waals surface area contributed by atoms with Crippen LogP contribution in [-0.2, 0) is 4.74 Å². The number of hydrogen-bond acceptors (Lipinski definition) is 3. The fraction of sp³-hybridized carbons (Fsp3) is 0.125. The molecule has 0 heterocycles. The van der Waals surface area contributed by atoms with Crippen LogP contribution < -0.4 is 5.32 Å². The molecule has 0 radical (unpaired) electrons. The molecule has 0 atom stereocenters. The van der Waals surface area contributed by atoms with Gasteiger partial charge in [-0.2, -0.15) is 0 Å². The number of anilines is 1. The average molecular weight is 269 g/mol. The van der Waals surface area contributed by atoms with Gasteiger partial charge in [0, 0.05) is 18.2 Å². The van der Waals surface area contributed by atoms with E-state index >= 15 is 0 Å². The zero-order valence-corrected chi connectivity index (χ0v) is 11.1. The molecule has 0 aliphatic heterocycles. The third kappa shape index (κ3) is 3.30. The molecule has 2 aromatic rings. The number of hydrogen-bond donors (Lipinski definition) is 1. The summed E-state index contributed by atoms with van der Waals surface area (Å²) in [6, 6.07) is 15.7. The van der Waals surface area contributed by atoms with E-state index in [1.54, 1.807) is 48.5 Å². The van der Waals surface area contributed by atoms with Gasteiger partial charge in [0.25, 0.3) is 5.91 Å². The van der Waals surface area contributed by atoms with Crippen LogP contribution in [0.3, 0.4) is 0 Å². The van der Waals surface area contributed by atoms with Gasteiger partial charge in [-0.1, -0.05) is 30.3 Å². The zero-order valence-electron chi connectivity index (χ0n) is 11.1. The van der Waals surface area contributed by atoms with Crippen molar-refractivity contribution in [2.75, 3.05) is 19.0 Å². The van der Waals surface area contributed by atoms with Gasteiger partial charge in [0.2, 0.25) is 0 Å². The lowest BCUT2D eigenvalue weighted by atomic mass is 10.1. The van der Waals surface area contributed by atoms with Crippen molar-refractivity contribution in [2.45, 2.75) is 0 Å². The van der Waals surface area contributed by atoms with Gasteiger partial charge < -0.3 is 10.1 Å². The Labute approximate surface area is 117 Å². The molecule has 2 aromatic carbocycles. The quantitative estimate of drug-likeness (QED) is 0.849. The number of nitrogens with one attached hydrogen (secondary N) is 1. The van der Waals surface area contributed by atoms with E-state index in [-0.39, 0.29) is 18.3 Å². The van der Waals surface area contributed by atoms with Gasteiger partial charge in [0.1, 0.15) is 6.61 Å². The summed E-state index contributed by atoms with van der Waals surface area (Å²) in [6.07, 6.45) is 0. The highest BCUT2D eigenvalue weighted by Gasteiger charge is 2.13. The third-order valence-corrected chi connectivity index (χ3v) is 2.79. The van der Waals surface area contributed by atoms with E-state index in [0.29, 0.717) is 16.8 Å². The Kier molecular flexibility index (Phi) is 4.63. The lowest BCUT2D eigenvalue weighted by molar-refractivity contribution is 0.0849. The molecule has 0 bridgehead atoms. The number of ketones is 1. The Hall–Kier alpha value is -2.46. The van der Waals surface area contributed by atoms with Crippen LogP contribution >= 0.6 is 0 Å². The first kappa shape index (κ1) is 14.0. The minimum atomic E-state index is -0.247. The number of rotatable bonds is 5. The summed E-state index contributed by atoms with van der Waals surface area (Å²) in [5.74, 6) is -0.417. The van der Waals surface area contributed by atoms with E-state index < -0.39 is 0 Å². The minimum Gasteiger partial charge on any atom is -0.377 e. The fourth-order valence-electron chi connectivity index (χ4n) is 1.83. The predicted octanol–water partition coefficient (Wildman–Crippen LogP) is 2.77. The van der Waals surface area contributed by atoms with Gasteiger partial charge in [-0.25, -0.2) is 0 Å². The van der Waals surface area contributed by atoms with E-state index in [1.807, 2.05) is 6.07 Å². The number of Topliss-reactive ketones (excluding diaryl/α,β-unsaturated/α-hetero) is 1. The number of carbonyl (C=O) groups excluding carboxylic acids is 2. The largest absolute Gasteiger partial charge is 0.377 e. The van der Waals surface area contributed by atoms with Crippen LogP contribution in [0.2, 0.25) is 0 Å². The van der Waals surface area contributed by atoms with Crippen LogP contribution in [0.5, 0.6) is 0 Å². The molecule has 1 amide bonds. The molecule has 1 N–H and O–H groups in total. The Morgan fingerprint density at radius 1 is 1.00 bits per heavy atom. The maximum absolute atomic E-state index is 12.1. The summed E-state index contributed by atoms with van der Waals surface area (Å²) >= 11 is 0. The maximum atomic E-state index is 12.1. The molecule has 102 valence electrons. The molecular formula is C16H15NO3. The van der Waals surface area contributed by atoms with Crippen molar-refractivity contribution < 1.29 is 14.3 Å². The Morgan fingerprint density at radius 3 is 2.35 bits per heavy atom. The molecular weight excluding hydrogens is 254 g/mol. The Balaban J connectivity index is 2.21. The van der Waals surface area contributed by atoms with Crippen LogP contribution in [-0.4, -0.2) is 25.4 Å². The molecule has 0 saturated heterocycles. The number of para-hydroxylation sites is 1. The van der Waals surface area contributed by atoms with Gasteiger partial charge in [-0.3, -0.25) is 9.59 Å². The van der Waals surface area contributed by atoms with Gasteiger partial charge >= 0.3 is 0 Å². The monoisotopic (exact) mass is 269 g/mol. The molecule has 4 heteroatoms. The lowest BCUT2D eigenvalue weighted by Gasteiger charge is -2.10. The van der Waals surface area contributed by atoms with Gasteiger partial charge in [-0.05, 0) is 24.3 Å². The summed E-state index contributed by atoms with van der Waals surface area (Å²) < 4.78 is 4.84. The topological polar surface area (TPSA) is 55.4 Å². The van der Waals surface area contributed by atoms with E-state index in [2.05, 4.69) is 5.32 Å². The van der Waals surface area contributed by atoms with E-state index in [1.165, 1.54) is 7.11 Å². The standard InChI is InChI=1S/C16H15NO3/c1-20-11-15(18)13-9-5-6-10-14(13)17-16(19)12-7-3-2-4-8-12/h2-10H,11H2,1H3,(H,17,19). The number of ether oxygens (including phenoxy) is 1. The minimum absolute atomic E-state index is 0.0157. The lowest BCUT2D eigenvalue weighted by Crippen LogP contribution is -2.16. The summed E-state index contributed by atoms with van der Waals surface area (Å²) in [4.78, 5) is 24.0. The third-order valence-electron chi connectivity index (χ3n) is 2.79. The first-order valence-electron chi connectivity index (χ1n) is 6.20. The number of amides is 1. The SMILES string of the molecule is COCC(=O)c1ccccc1NC(=O)c1ccccc1. The average Bonchev–Trinajstić information content (AvgIpc) is 2.49. The highest BCUT2D eigenvalue weighted by molar-refractivity contribution is 6.09. The number of methoxy groups -OCH3 is 1. The molecule has 0 aliphatic carbocycles. The summed E-state index contributed by atoms with van der Waals surface area (Å²) in [6.45, 7) is -0.0157. The van der Waals surface area contributed by atoms with Crippen molar-refractivity contribution in [1.29, 1.82) is 0 Å². The molecule has 4 nitrogen and oxygen atoms in total. The van der Waals surface area contributed by atoms with E-state index in [4.69, 9.17) is 4.74 Å². The van der Waals surface area contributed by atoms with Gasteiger partial charge in [0.05, 0.1) is 5.69 Å². The molecule has 0 aromatic heterocycles. The predicted molar refractivity (Wildman–Crippen MR) is 77.0 cm³/mol. The normalized spacial score (nSPS) is 10.1. The second-order valence-corrected chi connectivity index (χ2v) is 4.22. The van der Waals surface area contributed by atoms with Crippen molar-refractivity contribution in [3.05, 3.63) is 65.7 Å². The zero-order chi connectivity index (χ0) is 14.4. The van der Waals surface area contributed by atoms with Crippen LogP contribution in [0.1, 0.15) is 20.7 Å². The van der Waals surface area contributed by atoms with Gasteiger partial charge in [-0.15, -0.1) is 0 Å². The smallest absolute Gasteiger partial charge is 0.255 e. The maximum Gasteiger partial charge on any atom is 0.255 e. The van der Waals surface area contributed by atoms with Crippen molar-refractivity contribution in [3.8, 4) is 0 Å². The van der Waals surface area contributed by atoms with Crippen LogP contribution in [0.25, 0.3) is 0 Å². The highest BCUT2D eigenvalue weighted by Crippen LogP contribution is 2.17.